The van der Waals surface area contributed by atoms with E-state index in [1.54, 1.807) is 0 Å². The Bertz CT molecular complexity index is 431. The molecule has 0 radical (unpaired) electrons. The van der Waals surface area contributed by atoms with E-state index in [0.29, 0.717) is 6.54 Å². The molecule has 1 saturated heterocycles. The molecule has 1 fully saturated rings. The van der Waals surface area contributed by atoms with Crippen LogP contribution in [0.5, 0.6) is 0 Å². The fourth-order valence-corrected chi connectivity index (χ4v) is 2.31. The third-order valence-corrected chi connectivity index (χ3v) is 3.37. The first-order valence-corrected chi connectivity index (χ1v) is 5.93. The van der Waals surface area contributed by atoms with Crippen molar-refractivity contribution in [3.63, 3.8) is 0 Å². The number of nitrogens with zero attached hydrogens (tertiary/aromatic N) is 2. The number of aliphatic carboxylic acids is 1. The maximum absolute atomic E-state index is 10.9. The number of carbonyl (C=O) groups is 1. The fourth-order valence-electron chi connectivity index (χ4n) is 2.31. The minimum absolute atomic E-state index is 0.200. The minimum atomic E-state index is -0.675. The molecule has 0 saturated carbocycles. The van der Waals surface area contributed by atoms with Crippen LogP contribution >= 0.6 is 0 Å². The van der Waals surface area contributed by atoms with Gasteiger partial charge in [0.05, 0.1) is 5.92 Å². The average Bonchev–Trinajstić information content (AvgIpc) is 2.71. The summed E-state index contributed by atoms with van der Waals surface area (Å²) in [5.41, 5.74) is 3.45. The smallest absolute Gasteiger partial charge is 0.307 e. The van der Waals surface area contributed by atoms with Crippen molar-refractivity contribution >= 4 is 5.97 Å². The maximum Gasteiger partial charge on any atom is 0.307 e. The fraction of sp³-hybridized carbons (Fsp3) is 0.538. The first kappa shape index (κ1) is 12.0. The van der Waals surface area contributed by atoms with E-state index in [4.69, 9.17) is 5.11 Å². The van der Waals surface area contributed by atoms with Crippen molar-refractivity contribution in [2.45, 2.75) is 26.8 Å². The minimum Gasteiger partial charge on any atom is -0.481 e. The predicted molar refractivity (Wildman–Crippen MR) is 64.7 cm³/mol. The van der Waals surface area contributed by atoms with Crippen LogP contribution in [0.25, 0.3) is 0 Å². The second kappa shape index (κ2) is 4.84. The topological polar surface area (TPSA) is 53.4 Å². The van der Waals surface area contributed by atoms with Crippen LogP contribution < -0.4 is 0 Å². The summed E-state index contributed by atoms with van der Waals surface area (Å²) in [5.74, 6) is -0.875. The van der Waals surface area contributed by atoms with Gasteiger partial charge in [0.1, 0.15) is 0 Å². The van der Waals surface area contributed by atoms with Crippen LogP contribution in [-0.4, -0.2) is 34.0 Å². The number of carboxylic acid groups (broad SMARTS) is 1. The molecule has 0 bridgehead atoms. The SMILES string of the molecule is Cc1cc(C)c(CN2CCC(C(=O)O)C2)cn1. The summed E-state index contributed by atoms with van der Waals surface area (Å²) in [6, 6.07) is 2.07. The lowest BCUT2D eigenvalue weighted by Crippen LogP contribution is -2.23. The van der Waals surface area contributed by atoms with Gasteiger partial charge in [-0.3, -0.25) is 14.7 Å². The highest BCUT2D eigenvalue weighted by Gasteiger charge is 2.27. The van der Waals surface area contributed by atoms with E-state index in [1.807, 2.05) is 13.1 Å². The van der Waals surface area contributed by atoms with Crippen molar-refractivity contribution in [1.29, 1.82) is 0 Å². The zero-order valence-corrected chi connectivity index (χ0v) is 10.3. The number of aromatic nitrogens is 1. The Labute approximate surface area is 101 Å². The molecule has 2 heterocycles. The molecule has 92 valence electrons. The largest absolute Gasteiger partial charge is 0.481 e. The molecule has 1 unspecified atom stereocenters. The molecule has 1 aromatic rings. The molecule has 0 amide bonds. The van der Waals surface area contributed by atoms with Crippen LogP contribution in [0.3, 0.4) is 0 Å². The number of hydrogen-bond donors (Lipinski definition) is 1. The lowest BCUT2D eigenvalue weighted by molar-refractivity contribution is -0.141. The van der Waals surface area contributed by atoms with E-state index in [2.05, 4.69) is 22.9 Å². The van der Waals surface area contributed by atoms with Gasteiger partial charge in [-0.15, -0.1) is 0 Å². The lowest BCUT2D eigenvalue weighted by atomic mass is 10.1. The number of hydrogen-bond acceptors (Lipinski definition) is 3. The predicted octanol–water partition coefficient (Wildman–Crippen LogP) is 1.60. The average molecular weight is 234 g/mol. The van der Waals surface area contributed by atoms with Crippen LogP contribution in [0.4, 0.5) is 0 Å². The number of aryl methyl sites for hydroxylation is 2. The van der Waals surface area contributed by atoms with Gasteiger partial charge in [-0.1, -0.05) is 0 Å². The number of carboxylic acids is 1. The Kier molecular flexibility index (Phi) is 3.43. The van der Waals surface area contributed by atoms with Gasteiger partial charge < -0.3 is 5.11 Å². The van der Waals surface area contributed by atoms with Crippen molar-refractivity contribution in [2.75, 3.05) is 13.1 Å². The Hall–Kier alpha value is -1.42. The molecule has 4 heteroatoms. The van der Waals surface area contributed by atoms with Crippen molar-refractivity contribution in [1.82, 2.24) is 9.88 Å². The normalized spacial score (nSPS) is 20.7. The molecule has 0 spiro atoms. The van der Waals surface area contributed by atoms with Gasteiger partial charge in [-0.05, 0) is 44.0 Å². The maximum atomic E-state index is 10.9. The van der Waals surface area contributed by atoms with Crippen LogP contribution in [0.1, 0.15) is 23.2 Å². The van der Waals surface area contributed by atoms with Crippen LogP contribution in [0, 0.1) is 19.8 Å². The molecule has 0 aromatic carbocycles. The van der Waals surface area contributed by atoms with Crippen LogP contribution in [0.2, 0.25) is 0 Å². The number of pyridine rings is 1. The summed E-state index contributed by atoms with van der Waals surface area (Å²) >= 11 is 0. The van der Waals surface area contributed by atoms with E-state index in [-0.39, 0.29) is 5.92 Å². The Morgan fingerprint density at radius 1 is 1.59 bits per heavy atom. The molecule has 1 atom stereocenters. The highest BCUT2D eigenvalue weighted by atomic mass is 16.4. The quantitative estimate of drug-likeness (QED) is 0.863. The number of rotatable bonds is 3. The van der Waals surface area contributed by atoms with E-state index in [0.717, 1.165) is 25.2 Å². The van der Waals surface area contributed by atoms with Crippen molar-refractivity contribution in [2.24, 2.45) is 5.92 Å². The van der Waals surface area contributed by atoms with Crippen molar-refractivity contribution in [3.05, 3.63) is 29.1 Å². The molecule has 4 nitrogen and oxygen atoms in total. The van der Waals surface area contributed by atoms with Crippen LogP contribution in [0.15, 0.2) is 12.3 Å². The zero-order chi connectivity index (χ0) is 12.4. The molecule has 0 aliphatic carbocycles. The van der Waals surface area contributed by atoms with Gasteiger partial charge in [0, 0.05) is 25.0 Å². The second-order valence-corrected chi connectivity index (χ2v) is 4.81. The number of likely N-dealkylation sites (tertiary alicyclic amines) is 1. The lowest BCUT2D eigenvalue weighted by Gasteiger charge is -2.16. The van der Waals surface area contributed by atoms with Gasteiger partial charge in [-0.25, -0.2) is 0 Å². The summed E-state index contributed by atoms with van der Waals surface area (Å²) in [7, 11) is 0. The molecule has 1 aliphatic heterocycles. The van der Waals surface area contributed by atoms with Crippen molar-refractivity contribution < 1.29 is 9.90 Å². The second-order valence-electron chi connectivity index (χ2n) is 4.81. The Morgan fingerprint density at radius 2 is 2.35 bits per heavy atom. The van der Waals surface area contributed by atoms with Gasteiger partial charge in [-0.2, -0.15) is 0 Å². The highest BCUT2D eigenvalue weighted by Crippen LogP contribution is 2.20. The summed E-state index contributed by atoms with van der Waals surface area (Å²) < 4.78 is 0. The van der Waals surface area contributed by atoms with Gasteiger partial charge >= 0.3 is 5.97 Å². The standard InChI is InChI=1S/C13H18N2O2/c1-9-5-10(2)14-6-12(9)8-15-4-3-11(7-15)13(16)17/h5-6,11H,3-4,7-8H2,1-2H3,(H,16,17). The summed E-state index contributed by atoms with van der Waals surface area (Å²) in [6.45, 7) is 6.39. The third kappa shape index (κ3) is 2.82. The van der Waals surface area contributed by atoms with E-state index >= 15 is 0 Å². The van der Waals surface area contributed by atoms with Gasteiger partial charge in [0.2, 0.25) is 0 Å². The first-order valence-electron chi connectivity index (χ1n) is 5.93. The summed E-state index contributed by atoms with van der Waals surface area (Å²) in [5, 5.41) is 8.95. The van der Waals surface area contributed by atoms with Gasteiger partial charge in [0.25, 0.3) is 0 Å². The molecule has 1 aromatic heterocycles. The highest BCUT2D eigenvalue weighted by molar-refractivity contribution is 5.70. The Morgan fingerprint density at radius 3 is 2.94 bits per heavy atom. The molecular weight excluding hydrogens is 216 g/mol. The van der Waals surface area contributed by atoms with Crippen LogP contribution in [-0.2, 0) is 11.3 Å². The van der Waals surface area contributed by atoms with E-state index < -0.39 is 5.97 Å². The summed E-state index contributed by atoms with van der Waals surface area (Å²) in [6.07, 6.45) is 2.66. The zero-order valence-electron chi connectivity index (χ0n) is 10.3. The van der Waals surface area contributed by atoms with E-state index in [1.165, 1.54) is 11.1 Å². The Balaban J connectivity index is 2.00. The molecule has 17 heavy (non-hydrogen) atoms. The molecule has 1 aliphatic rings. The van der Waals surface area contributed by atoms with Gasteiger partial charge in [0.15, 0.2) is 0 Å². The molecule has 1 N–H and O–H groups in total. The molecular formula is C13H18N2O2. The summed E-state index contributed by atoms with van der Waals surface area (Å²) in [4.78, 5) is 17.4. The molecule has 2 rings (SSSR count). The van der Waals surface area contributed by atoms with E-state index in [9.17, 15) is 4.79 Å². The third-order valence-electron chi connectivity index (χ3n) is 3.37. The van der Waals surface area contributed by atoms with Crippen molar-refractivity contribution in [3.8, 4) is 0 Å². The monoisotopic (exact) mass is 234 g/mol. The first-order chi connectivity index (χ1) is 8.06.